The Morgan fingerprint density at radius 2 is 2.24 bits per heavy atom. The molecule has 2 aromatic rings. The highest BCUT2D eigenvalue weighted by atomic mass is 16.6. The fourth-order valence-electron chi connectivity index (χ4n) is 2.29. The second-order valence-corrected chi connectivity index (χ2v) is 4.74. The molecule has 0 aliphatic carbocycles. The first-order chi connectivity index (χ1) is 10.3. The lowest BCUT2D eigenvalue weighted by Crippen LogP contribution is -2.18. The van der Waals surface area contributed by atoms with Crippen molar-refractivity contribution in [2.75, 3.05) is 24.6 Å². The number of rotatable bonds is 4. The maximum atomic E-state index is 11.5. The first kappa shape index (κ1) is 13.5. The standard InChI is InChI=1S/C14H16N4O3/c1-2-20-14(19)13-16-12(17-21-13)10-5-6-15-11(9-10)18-7-3-4-8-18/h5-6,9H,2-4,7-8H2,1H3. The van der Waals surface area contributed by atoms with E-state index in [9.17, 15) is 4.79 Å². The van der Waals surface area contributed by atoms with Gasteiger partial charge in [0.15, 0.2) is 0 Å². The Kier molecular flexibility index (Phi) is 3.81. The average molecular weight is 288 g/mol. The lowest BCUT2D eigenvalue weighted by Gasteiger charge is -2.16. The maximum Gasteiger partial charge on any atom is 0.397 e. The Balaban J connectivity index is 1.83. The summed E-state index contributed by atoms with van der Waals surface area (Å²) in [5.41, 5.74) is 0.770. The molecule has 0 N–H and O–H groups in total. The molecular weight excluding hydrogens is 272 g/mol. The Labute approximate surface area is 121 Å². The number of ether oxygens (including phenoxy) is 1. The third-order valence-electron chi connectivity index (χ3n) is 3.31. The zero-order valence-electron chi connectivity index (χ0n) is 11.8. The number of carbonyl (C=O) groups excluding carboxylic acids is 1. The van der Waals surface area contributed by atoms with Crippen LogP contribution in [-0.4, -0.2) is 40.8 Å². The number of aromatic nitrogens is 3. The van der Waals surface area contributed by atoms with Crippen LogP contribution in [0.5, 0.6) is 0 Å². The Morgan fingerprint density at radius 3 is 3.00 bits per heavy atom. The third kappa shape index (κ3) is 2.86. The smallest absolute Gasteiger partial charge is 0.397 e. The average Bonchev–Trinajstić information content (AvgIpc) is 3.19. The predicted octanol–water partition coefficient (Wildman–Crippen LogP) is 1.91. The van der Waals surface area contributed by atoms with Gasteiger partial charge in [-0.2, -0.15) is 4.98 Å². The summed E-state index contributed by atoms with van der Waals surface area (Å²) in [6, 6.07) is 3.70. The van der Waals surface area contributed by atoms with E-state index >= 15 is 0 Å². The van der Waals surface area contributed by atoms with Crippen LogP contribution >= 0.6 is 0 Å². The molecular formula is C14H16N4O3. The normalized spacial score (nSPS) is 14.4. The second kappa shape index (κ2) is 5.90. The van der Waals surface area contributed by atoms with Gasteiger partial charge in [0.2, 0.25) is 5.82 Å². The van der Waals surface area contributed by atoms with Crippen LogP contribution < -0.4 is 4.90 Å². The minimum absolute atomic E-state index is 0.133. The summed E-state index contributed by atoms with van der Waals surface area (Å²) in [7, 11) is 0. The van der Waals surface area contributed by atoms with Crippen LogP contribution in [0.3, 0.4) is 0 Å². The van der Waals surface area contributed by atoms with E-state index in [1.165, 1.54) is 12.8 Å². The van der Waals surface area contributed by atoms with Crippen molar-refractivity contribution in [1.82, 2.24) is 15.1 Å². The zero-order chi connectivity index (χ0) is 14.7. The number of hydrogen-bond acceptors (Lipinski definition) is 7. The van der Waals surface area contributed by atoms with E-state index in [2.05, 4.69) is 20.0 Å². The fraction of sp³-hybridized carbons (Fsp3) is 0.429. The van der Waals surface area contributed by atoms with Crippen molar-refractivity contribution in [2.24, 2.45) is 0 Å². The lowest BCUT2D eigenvalue weighted by atomic mass is 10.2. The first-order valence-corrected chi connectivity index (χ1v) is 7.00. The van der Waals surface area contributed by atoms with E-state index in [1.54, 1.807) is 19.2 Å². The van der Waals surface area contributed by atoms with Gasteiger partial charge in [-0.05, 0) is 31.9 Å². The van der Waals surface area contributed by atoms with Gasteiger partial charge >= 0.3 is 11.9 Å². The largest absolute Gasteiger partial charge is 0.459 e. The van der Waals surface area contributed by atoms with Gasteiger partial charge in [0.25, 0.3) is 0 Å². The van der Waals surface area contributed by atoms with Crippen molar-refractivity contribution >= 4 is 11.8 Å². The Morgan fingerprint density at radius 1 is 1.43 bits per heavy atom. The van der Waals surface area contributed by atoms with Gasteiger partial charge in [-0.15, -0.1) is 0 Å². The van der Waals surface area contributed by atoms with Crippen LogP contribution in [0.2, 0.25) is 0 Å². The minimum Gasteiger partial charge on any atom is -0.459 e. The highest BCUT2D eigenvalue weighted by Gasteiger charge is 2.19. The highest BCUT2D eigenvalue weighted by Crippen LogP contribution is 2.23. The predicted molar refractivity (Wildman–Crippen MR) is 74.9 cm³/mol. The van der Waals surface area contributed by atoms with E-state index in [-0.39, 0.29) is 12.5 Å². The van der Waals surface area contributed by atoms with Gasteiger partial charge in [0.1, 0.15) is 5.82 Å². The molecule has 21 heavy (non-hydrogen) atoms. The zero-order valence-corrected chi connectivity index (χ0v) is 11.8. The Bertz CT molecular complexity index is 635. The Hall–Kier alpha value is -2.44. The monoisotopic (exact) mass is 288 g/mol. The van der Waals surface area contributed by atoms with Crippen molar-refractivity contribution in [3.8, 4) is 11.4 Å². The number of nitrogens with zero attached hydrogens (tertiary/aromatic N) is 4. The molecule has 0 aromatic carbocycles. The van der Waals surface area contributed by atoms with Crippen molar-refractivity contribution in [3.63, 3.8) is 0 Å². The lowest BCUT2D eigenvalue weighted by molar-refractivity contribution is 0.0470. The molecule has 0 amide bonds. The molecule has 0 radical (unpaired) electrons. The molecule has 1 saturated heterocycles. The highest BCUT2D eigenvalue weighted by molar-refractivity contribution is 5.84. The summed E-state index contributed by atoms with van der Waals surface area (Å²) in [6.07, 6.45) is 4.08. The number of hydrogen-bond donors (Lipinski definition) is 0. The molecule has 0 saturated carbocycles. The molecule has 1 aliphatic heterocycles. The van der Waals surface area contributed by atoms with Gasteiger partial charge in [0, 0.05) is 24.8 Å². The maximum absolute atomic E-state index is 11.5. The van der Waals surface area contributed by atoms with Crippen LogP contribution in [0.1, 0.15) is 30.5 Å². The molecule has 1 aliphatic rings. The molecule has 0 spiro atoms. The molecule has 7 heteroatoms. The van der Waals surface area contributed by atoms with E-state index in [0.29, 0.717) is 5.82 Å². The summed E-state index contributed by atoms with van der Waals surface area (Å²) in [5, 5.41) is 3.82. The molecule has 7 nitrogen and oxygen atoms in total. The molecule has 3 rings (SSSR count). The van der Waals surface area contributed by atoms with Crippen molar-refractivity contribution in [1.29, 1.82) is 0 Å². The summed E-state index contributed by atoms with van der Waals surface area (Å²) < 4.78 is 9.76. The topological polar surface area (TPSA) is 81.4 Å². The van der Waals surface area contributed by atoms with E-state index in [1.807, 2.05) is 6.07 Å². The van der Waals surface area contributed by atoms with Gasteiger partial charge in [0.05, 0.1) is 6.61 Å². The van der Waals surface area contributed by atoms with Gasteiger partial charge in [-0.25, -0.2) is 9.78 Å². The molecule has 0 bridgehead atoms. The van der Waals surface area contributed by atoms with Gasteiger partial charge < -0.3 is 14.2 Å². The molecule has 1 fully saturated rings. The van der Waals surface area contributed by atoms with Crippen LogP contribution in [0, 0.1) is 0 Å². The van der Waals surface area contributed by atoms with E-state index < -0.39 is 5.97 Å². The quantitative estimate of drug-likeness (QED) is 0.795. The number of pyridine rings is 1. The SMILES string of the molecule is CCOC(=O)c1nc(-c2ccnc(N3CCCC3)c2)no1. The molecule has 0 unspecified atom stereocenters. The number of esters is 1. The minimum atomic E-state index is -0.606. The third-order valence-corrected chi connectivity index (χ3v) is 3.31. The molecule has 0 atom stereocenters. The van der Waals surface area contributed by atoms with Crippen LogP contribution in [0.4, 0.5) is 5.82 Å². The number of anilines is 1. The second-order valence-electron chi connectivity index (χ2n) is 4.74. The first-order valence-electron chi connectivity index (χ1n) is 7.00. The van der Waals surface area contributed by atoms with E-state index in [0.717, 1.165) is 24.5 Å². The van der Waals surface area contributed by atoms with Crippen LogP contribution in [-0.2, 0) is 4.74 Å². The summed E-state index contributed by atoms with van der Waals surface area (Å²) in [5.74, 6) is 0.518. The van der Waals surface area contributed by atoms with Crippen molar-refractivity contribution < 1.29 is 14.1 Å². The molecule has 3 heterocycles. The fourth-order valence-corrected chi connectivity index (χ4v) is 2.29. The molecule has 110 valence electrons. The summed E-state index contributed by atoms with van der Waals surface area (Å²) in [4.78, 5) is 22.2. The van der Waals surface area contributed by atoms with E-state index in [4.69, 9.17) is 9.26 Å². The van der Waals surface area contributed by atoms with Crippen LogP contribution in [0.15, 0.2) is 22.9 Å². The van der Waals surface area contributed by atoms with Gasteiger partial charge in [-0.3, -0.25) is 0 Å². The summed E-state index contributed by atoms with van der Waals surface area (Å²) in [6.45, 7) is 4.01. The van der Waals surface area contributed by atoms with Crippen LogP contribution in [0.25, 0.3) is 11.4 Å². The van der Waals surface area contributed by atoms with Gasteiger partial charge in [-0.1, -0.05) is 5.16 Å². The van der Waals surface area contributed by atoms with Crippen molar-refractivity contribution in [3.05, 3.63) is 24.2 Å². The number of carbonyl (C=O) groups is 1. The summed E-state index contributed by atoms with van der Waals surface area (Å²) >= 11 is 0. The van der Waals surface area contributed by atoms with Crippen molar-refractivity contribution in [2.45, 2.75) is 19.8 Å². The molecule has 2 aromatic heterocycles.